The number of amides is 1. The van der Waals surface area contributed by atoms with E-state index >= 15 is 0 Å². The molecule has 0 aromatic heterocycles. The van der Waals surface area contributed by atoms with E-state index in [4.69, 9.17) is 21.1 Å². The lowest BCUT2D eigenvalue weighted by molar-refractivity contribution is -0.133. The highest BCUT2D eigenvalue weighted by molar-refractivity contribution is 6.30. The molecule has 1 saturated heterocycles. The molecular weight excluding hydrogens is 345 g/mol. The van der Waals surface area contributed by atoms with Crippen molar-refractivity contribution in [1.82, 2.24) is 5.32 Å². The summed E-state index contributed by atoms with van der Waals surface area (Å²) in [4.78, 5) is 12.2. The maximum absolute atomic E-state index is 13.8. The van der Waals surface area contributed by atoms with Crippen molar-refractivity contribution in [2.45, 2.75) is 56.8 Å². The normalized spacial score (nSPS) is 29.1. The summed E-state index contributed by atoms with van der Waals surface area (Å²) in [7, 11) is 1.59. The number of hydrogen-bond acceptors (Lipinski definition) is 3. The Morgan fingerprint density at radius 1 is 1.40 bits per heavy atom. The third kappa shape index (κ3) is 4.52. The van der Waals surface area contributed by atoms with Crippen molar-refractivity contribution >= 4 is 17.5 Å². The summed E-state index contributed by atoms with van der Waals surface area (Å²) < 4.78 is 25.1. The topological polar surface area (TPSA) is 47.6 Å². The third-order valence-electron chi connectivity index (χ3n) is 5.27. The number of nitrogens with one attached hydrogen (secondary N) is 1. The van der Waals surface area contributed by atoms with Gasteiger partial charge in [-0.15, -0.1) is 0 Å². The van der Waals surface area contributed by atoms with Crippen molar-refractivity contribution in [2.75, 3.05) is 13.7 Å². The van der Waals surface area contributed by atoms with Gasteiger partial charge in [0.05, 0.1) is 23.8 Å². The minimum atomic E-state index is -0.436. The van der Waals surface area contributed by atoms with Crippen LogP contribution in [0.2, 0.25) is 5.02 Å². The predicted octanol–water partition coefficient (Wildman–Crippen LogP) is 4.02. The monoisotopic (exact) mass is 369 g/mol. The quantitative estimate of drug-likeness (QED) is 0.852. The average molecular weight is 370 g/mol. The standard InChI is InChI=1S/C19H25ClFNO3/c1-24-9-8-19(23)22-16-11-18(12-6-7-14(20)15(21)10-12)25-17-5-3-2-4-13(16)17/h6-7,10,13,16-18H,2-5,8-9,11H2,1H3,(H,22,23)/t13-,16+,17+,18+/m0/s1. The highest BCUT2D eigenvalue weighted by Crippen LogP contribution is 2.41. The van der Waals surface area contributed by atoms with Crippen LogP contribution in [0, 0.1) is 11.7 Å². The van der Waals surface area contributed by atoms with Crippen molar-refractivity contribution < 1.29 is 18.7 Å². The zero-order chi connectivity index (χ0) is 17.8. The van der Waals surface area contributed by atoms with Crippen LogP contribution in [0.4, 0.5) is 4.39 Å². The fourth-order valence-electron chi connectivity index (χ4n) is 3.99. The number of hydrogen-bond donors (Lipinski definition) is 1. The SMILES string of the molecule is COCCC(=O)N[C@@H]1C[C@H](c2ccc(Cl)c(F)c2)O[C@@H]2CCCC[C@@H]12. The molecule has 4 atom stereocenters. The van der Waals surface area contributed by atoms with Crippen LogP contribution in [0.3, 0.4) is 0 Å². The summed E-state index contributed by atoms with van der Waals surface area (Å²) in [5.41, 5.74) is 0.780. The Hall–Kier alpha value is -1.17. The molecule has 6 heteroatoms. The van der Waals surface area contributed by atoms with Crippen LogP contribution < -0.4 is 5.32 Å². The van der Waals surface area contributed by atoms with Crippen LogP contribution in [0.1, 0.15) is 50.2 Å². The second-order valence-electron chi connectivity index (χ2n) is 6.94. The molecule has 1 aromatic carbocycles. The Morgan fingerprint density at radius 2 is 2.20 bits per heavy atom. The number of rotatable bonds is 5. The summed E-state index contributed by atoms with van der Waals surface area (Å²) in [6.07, 6.45) is 5.23. The molecule has 3 rings (SSSR count). The summed E-state index contributed by atoms with van der Waals surface area (Å²) >= 11 is 5.79. The van der Waals surface area contributed by atoms with Crippen molar-refractivity contribution in [3.05, 3.63) is 34.6 Å². The molecule has 1 N–H and O–H groups in total. The molecule has 4 nitrogen and oxygen atoms in total. The molecule has 1 aromatic rings. The lowest BCUT2D eigenvalue weighted by atomic mass is 9.76. The largest absolute Gasteiger partial charge is 0.384 e. The van der Waals surface area contributed by atoms with E-state index in [9.17, 15) is 9.18 Å². The van der Waals surface area contributed by atoms with Gasteiger partial charge in [0, 0.05) is 25.5 Å². The average Bonchev–Trinajstić information content (AvgIpc) is 2.62. The van der Waals surface area contributed by atoms with Crippen LogP contribution in [0.15, 0.2) is 18.2 Å². The van der Waals surface area contributed by atoms with Gasteiger partial charge in [-0.3, -0.25) is 4.79 Å². The highest BCUT2D eigenvalue weighted by atomic mass is 35.5. The minimum Gasteiger partial charge on any atom is -0.384 e. The Bertz CT molecular complexity index is 612. The Balaban J connectivity index is 1.75. The molecule has 1 aliphatic heterocycles. The molecule has 25 heavy (non-hydrogen) atoms. The fraction of sp³-hybridized carbons (Fsp3) is 0.632. The molecule has 1 amide bonds. The van der Waals surface area contributed by atoms with Crippen LogP contribution in [0.5, 0.6) is 0 Å². The Morgan fingerprint density at radius 3 is 2.96 bits per heavy atom. The number of carbonyl (C=O) groups excluding carboxylic acids is 1. The van der Waals surface area contributed by atoms with E-state index in [-0.39, 0.29) is 29.2 Å². The van der Waals surface area contributed by atoms with E-state index in [1.165, 1.54) is 6.07 Å². The number of carbonyl (C=O) groups is 1. The fourth-order valence-corrected chi connectivity index (χ4v) is 4.11. The number of halogens is 2. The van der Waals surface area contributed by atoms with E-state index in [1.54, 1.807) is 13.2 Å². The second kappa shape index (κ2) is 8.47. The van der Waals surface area contributed by atoms with Gasteiger partial charge >= 0.3 is 0 Å². The molecule has 0 radical (unpaired) electrons. The first-order chi connectivity index (χ1) is 12.1. The predicted molar refractivity (Wildman–Crippen MR) is 94.0 cm³/mol. The number of methoxy groups -OCH3 is 1. The van der Waals surface area contributed by atoms with Gasteiger partial charge in [-0.25, -0.2) is 4.39 Å². The van der Waals surface area contributed by atoms with Gasteiger partial charge in [-0.05, 0) is 37.0 Å². The first-order valence-electron chi connectivity index (χ1n) is 8.97. The van der Waals surface area contributed by atoms with Gasteiger partial charge in [-0.2, -0.15) is 0 Å². The summed E-state index contributed by atoms with van der Waals surface area (Å²) in [5, 5.41) is 3.27. The van der Waals surface area contributed by atoms with Crippen LogP contribution >= 0.6 is 11.6 Å². The van der Waals surface area contributed by atoms with Crippen LogP contribution in [-0.4, -0.2) is 31.8 Å². The first-order valence-corrected chi connectivity index (χ1v) is 9.35. The first kappa shape index (κ1) is 18.6. The molecule has 0 bridgehead atoms. The lowest BCUT2D eigenvalue weighted by Crippen LogP contribution is -2.51. The maximum atomic E-state index is 13.8. The molecule has 0 spiro atoms. The van der Waals surface area contributed by atoms with E-state index in [2.05, 4.69) is 5.32 Å². The smallest absolute Gasteiger partial charge is 0.222 e. The zero-order valence-electron chi connectivity index (χ0n) is 14.5. The van der Waals surface area contributed by atoms with Crippen molar-refractivity contribution in [3.63, 3.8) is 0 Å². The van der Waals surface area contributed by atoms with E-state index in [0.717, 1.165) is 31.2 Å². The minimum absolute atomic E-state index is 0.000824. The molecule has 0 unspecified atom stereocenters. The molecule has 138 valence electrons. The summed E-state index contributed by atoms with van der Waals surface area (Å²) in [6.45, 7) is 0.412. The van der Waals surface area contributed by atoms with Gasteiger partial charge in [0.25, 0.3) is 0 Å². The molecule has 1 heterocycles. The maximum Gasteiger partial charge on any atom is 0.222 e. The Kier molecular flexibility index (Phi) is 6.31. The van der Waals surface area contributed by atoms with E-state index in [0.29, 0.717) is 25.4 Å². The molecular formula is C19H25ClFNO3. The number of ether oxygens (including phenoxy) is 2. The van der Waals surface area contributed by atoms with Crippen molar-refractivity contribution in [3.8, 4) is 0 Å². The summed E-state index contributed by atoms with van der Waals surface area (Å²) in [6, 6.07) is 4.87. The Labute approximate surface area is 153 Å². The van der Waals surface area contributed by atoms with Gasteiger partial charge in [-0.1, -0.05) is 30.5 Å². The zero-order valence-corrected chi connectivity index (χ0v) is 15.2. The highest BCUT2D eigenvalue weighted by Gasteiger charge is 2.41. The molecule has 2 aliphatic rings. The van der Waals surface area contributed by atoms with Crippen LogP contribution in [0.25, 0.3) is 0 Å². The van der Waals surface area contributed by atoms with E-state index < -0.39 is 5.82 Å². The summed E-state index contributed by atoms with van der Waals surface area (Å²) in [5.74, 6) is -0.109. The number of fused-ring (bicyclic) bond motifs is 1. The van der Waals surface area contributed by atoms with Crippen molar-refractivity contribution in [2.24, 2.45) is 5.92 Å². The number of benzene rings is 1. The van der Waals surface area contributed by atoms with Gasteiger partial charge < -0.3 is 14.8 Å². The second-order valence-corrected chi connectivity index (χ2v) is 7.34. The molecule has 1 aliphatic carbocycles. The van der Waals surface area contributed by atoms with Crippen LogP contribution in [-0.2, 0) is 14.3 Å². The van der Waals surface area contributed by atoms with Gasteiger partial charge in [0.15, 0.2) is 0 Å². The van der Waals surface area contributed by atoms with Crippen molar-refractivity contribution in [1.29, 1.82) is 0 Å². The molecule has 1 saturated carbocycles. The third-order valence-corrected chi connectivity index (χ3v) is 5.58. The lowest BCUT2D eigenvalue weighted by Gasteiger charge is -2.45. The van der Waals surface area contributed by atoms with Gasteiger partial charge in [0.1, 0.15) is 5.82 Å². The van der Waals surface area contributed by atoms with Gasteiger partial charge in [0.2, 0.25) is 5.91 Å². The molecule has 2 fully saturated rings. The van der Waals surface area contributed by atoms with E-state index in [1.807, 2.05) is 6.07 Å².